The molecule has 2 atom stereocenters. The van der Waals surface area contributed by atoms with Crippen LogP contribution in [0.15, 0.2) is 24.5 Å². The zero-order valence-electron chi connectivity index (χ0n) is 13.6. The van der Waals surface area contributed by atoms with Gasteiger partial charge >= 0.3 is 0 Å². The molecule has 1 aromatic rings. The summed E-state index contributed by atoms with van der Waals surface area (Å²) in [7, 11) is 0. The van der Waals surface area contributed by atoms with Crippen LogP contribution in [0, 0.1) is 0 Å². The van der Waals surface area contributed by atoms with E-state index in [9.17, 15) is 9.59 Å². The molecule has 0 saturated carbocycles. The highest BCUT2D eigenvalue weighted by Crippen LogP contribution is 2.29. The van der Waals surface area contributed by atoms with Crippen molar-refractivity contribution < 1.29 is 9.59 Å². The predicted octanol–water partition coefficient (Wildman–Crippen LogP) is 1.50. The van der Waals surface area contributed by atoms with Gasteiger partial charge in [0.25, 0.3) is 0 Å². The number of carbonyl (C=O) groups is 2. The summed E-state index contributed by atoms with van der Waals surface area (Å²) in [6, 6.07) is 4.21. The fourth-order valence-corrected chi connectivity index (χ4v) is 3.89. The first kappa shape index (κ1) is 15.9. The van der Waals surface area contributed by atoms with E-state index in [4.69, 9.17) is 0 Å². The van der Waals surface area contributed by atoms with Crippen LogP contribution < -0.4 is 5.32 Å². The molecule has 124 valence electrons. The van der Waals surface area contributed by atoms with Crippen molar-refractivity contribution in [1.82, 2.24) is 14.8 Å². The smallest absolute Gasteiger partial charge is 0.238 e. The number of nitrogens with one attached hydrogen (secondary N) is 1. The van der Waals surface area contributed by atoms with Crippen molar-refractivity contribution in [3.8, 4) is 0 Å². The van der Waals surface area contributed by atoms with E-state index in [0.29, 0.717) is 12.6 Å². The fourth-order valence-electron chi connectivity index (χ4n) is 3.89. The number of likely N-dealkylation sites (tertiary alicyclic amines) is 2. The third-order valence-electron chi connectivity index (χ3n) is 4.85. The summed E-state index contributed by atoms with van der Waals surface area (Å²) in [5.74, 6) is 0.136. The molecule has 1 N–H and O–H groups in total. The first-order chi connectivity index (χ1) is 11.1. The number of carbonyl (C=O) groups excluding carboxylic acids is 2. The molecule has 2 aliphatic rings. The molecule has 6 nitrogen and oxygen atoms in total. The molecule has 2 unspecified atom stereocenters. The fraction of sp³-hybridized carbons (Fsp3) is 0.588. The van der Waals surface area contributed by atoms with Crippen LogP contribution in [0.25, 0.3) is 0 Å². The maximum Gasteiger partial charge on any atom is 0.238 e. The van der Waals surface area contributed by atoms with Crippen LogP contribution in [0.2, 0.25) is 0 Å². The quantitative estimate of drug-likeness (QED) is 0.914. The van der Waals surface area contributed by atoms with Gasteiger partial charge in [-0.25, -0.2) is 0 Å². The van der Waals surface area contributed by atoms with Crippen molar-refractivity contribution in [2.24, 2.45) is 0 Å². The lowest BCUT2D eigenvalue weighted by Gasteiger charge is -2.34. The van der Waals surface area contributed by atoms with E-state index >= 15 is 0 Å². The van der Waals surface area contributed by atoms with Gasteiger partial charge in [-0.15, -0.1) is 0 Å². The van der Waals surface area contributed by atoms with Crippen molar-refractivity contribution in [3.05, 3.63) is 24.5 Å². The van der Waals surface area contributed by atoms with Gasteiger partial charge in [-0.1, -0.05) is 0 Å². The molecule has 3 rings (SSSR count). The second-order valence-electron chi connectivity index (χ2n) is 6.39. The van der Waals surface area contributed by atoms with Gasteiger partial charge in [0, 0.05) is 31.7 Å². The van der Waals surface area contributed by atoms with E-state index in [-0.39, 0.29) is 17.9 Å². The van der Waals surface area contributed by atoms with Crippen LogP contribution >= 0.6 is 0 Å². The minimum absolute atomic E-state index is 0.0164. The Hall–Kier alpha value is -1.95. The number of anilines is 1. The highest BCUT2D eigenvalue weighted by molar-refractivity contribution is 5.92. The number of rotatable bonds is 4. The van der Waals surface area contributed by atoms with Crippen LogP contribution in [0.1, 0.15) is 32.6 Å². The third-order valence-corrected chi connectivity index (χ3v) is 4.85. The van der Waals surface area contributed by atoms with Crippen LogP contribution in [0.3, 0.4) is 0 Å². The largest absolute Gasteiger partial charge is 0.338 e. The summed E-state index contributed by atoms with van der Waals surface area (Å²) in [6.45, 7) is 3.80. The normalized spacial score (nSPS) is 24.8. The van der Waals surface area contributed by atoms with Crippen LogP contribution in [0.5, 0.6) is 0 Å². The average Bonchev–Trinajstić information content (AvgIpc) is 3.16. The molecule has 0 spiro atoms. The van der Waals surface area contributed by atoms with Gasteiger partial charge in [-0.2, -0.15) is 0 Å². The van der Waals surface area contributed by atoms with Crippen molar-refractivity contribution in [2.75, 3.05) is 25.0 Å². The summed E-state index contributed by atoms with van der Waals surface area (Å²) < 4.78 is 0. The first-order valence-corrected chi connectivity index (χ1v) is 8.36. The number of hydrogen-bond acceptors (Lipinski definition) is 4. The standard InChI is InChI=1S/C17H24N4O2/c1-13(22)21-10-4-7-16(21)15-6-3-9-20(15)12-17(23)19-14-5-2-8-18-11-14/h2,5,8,11,15-16H,3-4,6-7,9-10,12H2,1H3,(H,19,23). The molecule has 0 aliphatic carbocycles. The van der Waals surface area contributed by atoms with E-state index in [0.717, 1.165) is 44.5 Å². The minimum Gasteiger partial charge on any atom is -0.338 e. The topological polar surface area (TPSA) is 65.5 Å². The molecule has 0 aromatic carbocycles. The Morgan fingerprint density at radius 1 is 1.26 bits per heavy atom. The molecule has 0 radical (unpaired) electrons. The highest BCUT2D eigenvalue weighted by atomic mass is 16.2. The van der Waals surface area contributed by atoms with Crippen LogP contribution in [-0.2, 0) is 9.59 Å². The molecular weight excluding hydrogens is 292 g/mol. The molecule has 1 aromatic heterocycles. The van der Waals surface area contributed by atoms with E-state index in [1.54, 1.807) is 25.4 Å². The monoisotopic (exact) mass is 316 g/mol. The Labute approximate surface area is 136 Å². The molecule has 2 amide bonds. The second-order valence-corrected chi connectivity index (χ2v) is 6.39. The molecule has 2 aliphatic heterocycles. The van der Waals surface area contributed by atoms with E-state index < -0.39 is 0 Å². The van der Waals surface area contributed by atoms with E-state index in [1.165, 1.54) is 0 Å². The Morgan fingerprint density at radius 2 is 2.04 bits per heavy atom. The van der Waals surface area contributed by atoms with Gasteiger partial charge < -0.3 is 10.2 Å². The second kappa shape index (κ2) is 7.08. The van der Waals surface area contributed by atoms with Crippen molar-refractivity contribution in [2.45, 2.75) is 44.7 Å². The summed E-state index contributed by atoms with van der Waals surface area (Å²) >= 11 is 0. The molecule has 3 heterocycles. The number of pyridine rings is 1. The third kappa shape index (κ3) is 3.69. The Bertz CT molecular complexity index is 563. The van der Waals surface area contributed by atoms with Crippen molar-refractivity contribution in [1.29, 1.82) is 0 Å². The summed E-state index contributed by atoms with van der Waals surface area (Å²) in [4.78, 5) is 32.3. The van der Waals surface area contributed by atoms with Gasteiger partial charge in [-0.05, 0) is 44.4 Å². The predicted molar refractivity (Wildman–Crippen MR) is 87.9 cm³/mol. The Balaban J connectivity index is 1.60. The van der Waals surface area contributed by atoms with Crippen molar-refractivity contribution in [3.63, 3.8) is 0 Å². The number of hydrogen-bond donors (Lipinski definition) is 1. The van der Waals surface area contributed by atoms with Crippen molar-refractivity contribution >= 4 is 17.5 Å². The van der Waals surface area contributed by atoms with Gasteiger partial charge in [0.2, 0.25) is 11.8 Å². The summed E-state index contributed by atoms with van der Waals surface area (Å²) in [5.41, 5.74) is 0.722. The summed E-state index contributed by atoms with van der Waals surface area (Å²) in [5, 5.41) is 2.89. The van der Waals surface area contributed by atoms with Gasteiger partial charge in [0.1, 0.15) is 0 Å². The summed E-state index contributed by atoms with van der Waals surface area (Å²) in [6.07, 6.45) is 7.60. The number of amides is 2. The average molecular weight is 316 g/mol. The lowest BCUT2D eigenvalue weighted by molar-refractivity contribution is -0.130. The molecule has 23 heavy (non-hydrogen) atoms. The van der Waals surface area contributed by atoms with E-state index in [2.05, 4.69) is 15.2 Å². The zero-order valence-corrected chi connectivity index (χ0v) is 13.6. The first-order valence-electron chi connectivity index (χ1n) is 8.36. The molecule has 2 saturated heterocycles. The van der Waals surface area contributed by atoms with Gasteiger partial charge in [-0.3, -0.25) is 19.5 Å². The number of aromatic nitrogens is 1. The molecule has 2 fully saturated rings. The highest BCUT2D eigenvalue weighted by Gasteiger charge is 2.39. The lowest BCUT2D eigenvalue weighted by atomic mass is 10.0. The Morgan fingerprint density at radius 3 is 2.78 bits per heavy atom. The molecule has 0 bridgehead atoms. The number of nitrogens with zero attached hydrogens (tertiary/aromatic N) is 3. The molecule has 6 heteroatoms. The molecular formula is C17H24N4O2. The van der Waals surface area contributed by atoms with Crippen LogP contribution in [-0.4, -0.2) is 58.3 Å². The van der Waals surface area contributed by atoms with Crippen LogP contribution in [0.4, 0.5) is 5.69 Å². The lowest BCUT2D eigenvalue weighted by Crippen LogP contribution is -2.49. The van der Waals surface area contributed by atoms with E-state index in [1.807, 2.05) is 11.0 Å². The zero-order chi connectivity index (χ0) is 16.2. The Kier molecular flexibility index (Phi) is 4.91. The minimum atomic E-state index is -0.0164. The van der Waals surface area contributed by atoms with Gasteiger partial charge in [0.05, 0.1) is 18.4 Å². The maximum atomic E-state index is 12.3. The SMILES string of the molecule is CC(=O)N1CCCC1C1CCCN1CC(=O)Nc1cccnc1. The maximum absolute atomic E-state index is 12.3. The van der Waals surface area contributed by atoms with Gasteiger partial charge in [0.15, 0.2) is 0 Å².